The normalized spacial score (nSPS) is 22.9. The van der Waals surface area contributed by atoms with Gasteiger partial charge in [-0.1, -0.05) is 31.5 Å². The summed E-state index contributed by atoms with van der Waals surface area (Å²) in [7, 11) is 0. The molecule has 0 unspecified atom stereocenters. The molecule has 5 heteroatoms. The molecule has 0 atom stereocenters. The molecule has 1 saturated carbocycles. The molecule has 1 aromatic rings. The molecule has 2 rings (SSSR count). The second-order valence-corrected chi connectivity index (χ2v) is 6.66. The van der Waals surface area contributed by atoms with Crippen LogP contribution in [-0.4, -0.2) is 26.4 Å². The Morgan fingerprint density at radius 2 is 2.15 bits per heavy atom. The van der Waals surface area contributed by atoms with E-state index in [4.69, 9.17) is 5.11 Å². The van der Waals surface area contributed by atoms with Crippen LogP contribution in [0.2, 0.25) is 0 Å². The van der Waals surface area contributed by atoms with Gasteiger partial charge in [-0.25, -0.2) is 4.98 Å². The van der Waals surface area contributed by atoms with Crippen LogP contribution in [0.25, 0.3) is 0 Å². The van der Waals surface area contributed by atoms with Crippen LogP contribution in [0.3, 0.4) is 0 Å². The van der Waals surface area contributed by atoms with E-state index < -0.39 is 5.97 Å². The molecule has 0 spiro atoms. The van der Waals surface area contributed by atoms with Crippen molar-refractivity contribution in [3.05, 3.63) is 11.9 Å². The van der Waals surface area contributed by atoms with Gasteiger partial charge in [-0.2, -0.15) is 0 Å². The number of aliphatic carboxylic acids is 1. The summed E-state index contributed by atoms with van der Waals surface area (Å²) in [6.07, 6.45) is 9.67. The SMILES string of the molecule is CCCC1CCC(n2cc(C)nc2SCC(=O)O)CC1. The van der Waals surface area contributed by atoms with Gasteiger partial charge in [0.05, 0.1) is 11.4 Å². The summed E-state index contributed by atoms with van der Waals surface area (Å²) in [5.74, 6) is 0.187. The number of aromatic nitrogens is 2. The van der Waals surface area contributed by atoms with E-state index in [0.717, 1.165) is 16.8 Å². The van der Waals surface area contributed by atoms with Gasteiger partial charge in [0.2, 0.25) is 0 Å². The summed E-state index contributed by atoms with van der Waals surface area (Å²) in [5.41, 5.74) is 0.980. The third kappa shape index (κ3) is 4.01. The quantitative estimate of drug-likeness (QED) is 0.809. The Bertz CT molecular complexity index is 451. The molecule has 0 bridgehead atoms. The molecule has 0 amide bonds. The van der Waals surface area contributed by atoms with Crippen molar-refractivity contribution in [3.8, 4) is 0 Å². The molecule has 0 aromatic carbocycles. The first-order valence-electron chi connectivity index (χ1n) is 7.50. The van der Waals surface area contributed by atoms with Crippen molar-refractivity contribution >= 4 is 17.7 Å². The zero-order valence-electron chi connectivity index (χ0n) is 12.3. The number of carbonyl (C=O) groups is 1. The van der Waals surface area contributed by atoms with Crippen LogP contribution in [0, 0.1) is 12.8 Å². The monoisotopic (exact) mass is 296 g/mol. The van der Waals surface area contributed by atoms with Gasteiger partial charge in [-0.15, -0.1) is 0 Å². The molecule has 0 radical (unpaired) electrons. The minimum absolute atomic E-state index is 0.0850. The Morgan fingerprint density at radius 1 is 1.45 bits per heavy atom. The summed E-state index contributed by atoms with van der Waals surface area (Å²) in [4.78, 5) is 15.2. The van der Waals surface area contributed by atoms with E-state index in [1.807, 2.05) is 6.92 Å². The van der Waals surface area contributed by atoms with Gasteiger partial charge < -0.3 is 9.67 Å². The lowest BCUT2D eigenvalue weighted by Gasteiger charge is -2.30. The van der Waals surface area contributed by atoms with E-state index in [1.165, 1.54) is 50.3 Å². The Labute approximate surface area is 125 Å². The minimum atomic E-state index is -0.783. The van der Waals surface area contributed by atoms with E-state index in [9.17, 15) is 4.79 Å². The number of imidazole rings is 1. The molecule has 20 heavy (non-hydrogen) atoms. The summed E-state index contributed by atoms with van der Waals surface area (Å²) in [5, 5.41) is 9.68. The highest BCUT2D eigenvalue weighted by atomic mass is 32.2. The highest BCUT2D eigenvalue weighted by molar-refractivity contribution is 7.99. The van der Waals surface area contributed by atoms with Crippen molar-refractivity contribution in [2.75, 3.05) is 5.75 Å². The molecule has 1 fully saturated rings. The van der Waals surface area contributed by atoms with Crippen LogP contribution in [0.1, 0.15) is 57.2 Å². The van der Waals surface area contributed by atoms with Crippen LogP contribution < -0.4 is 0 Å². The maximum Gasteiger partial charge on any atom is 0.313 e. The zero-order valence-corrected chi connectivity index (χ0v) is 13.2. The highest BCUT2D eigenvalue weighted by Gasteiger charge is 2.24. The van der Waals surface area contributed by atoms with E-state index in [0.29, 0.717) is 6.04 Å². The molecule has 112 valence electrons. The van der Waals surface area contributed by atoms with Crippen LogP contribution in [0.5, 0.6) is 0 Å². The summed E-state index contributed by atoms with van der Waals surface area (Å²) < 4.78 is 2.21. The van der Waals surface area contributed by atoms with Crippen molar-refractivity contribution in [3.63, 3.8) is 0 Å². The highest BCUT2D eigenvalue weighted by Crippen LogP contribution is 2.36. The molecule has 1 heterocycles. The molecule has 0 saturated heterocycles. The first kappa shape index (κ1) is 15.4. The fourth-order valence-electron chi connectivity index (χ4n) is 3.11. The van der Waals surface area contributed by atoms with Crippen LogP contribution >= 0.6 is 11.8 Å². The van der Waals surface area contributed by atoms with Gasteiger partial charge in [0.25, 0.3) is 0 Å². The number of aryl methyl sites for hydroxylation is 1. The van der Waals surface area contributed by atoms with E-state index in [-0.39, 0.29) is 5.75 Å². The standard InChI is InChI=1S/C15H24N2O2S/c1-3-4-12-5-7-13(8-6-12)17-9-11(2)16-15(17)20-10-14(18)19/h9,12-13H,3-8,10H2,1-2H3,(H,18,19). The minimum Gasteiger partial charge on any atom is -0.481 e. The first-order valence-corrected chi connectivity index (χ1v) is 8.48. The maximum atomic E-state index is 10.7. The number of carboxylic acids is 1. The number of carboxylic acid groups (broad SMARTS) is 1. The number of hydrogen-bond donors (Lipinski definition) is 1. The predicted octanol–water partition coefficient (Wildman–Crippen LogP) is 3.90. The second-order valence-electron chi connectivity index (χ2n) is 5.72. The molecular weight excluding hydrogens is 272 g/mol. The Hall–Kier alpha value is -0.970. The van der Waals surface area contributed by atoms with Crippen LogP contribution in [0.15, 0.2) is 11.4 Å². The van der Waals surface area contributed by atoms with Gasteiger partial charge in [0, 0.05) is 12.2 Å². The second kappa shape index (κ2) is 7.16. The Kier molecular flexibility index (Phi) is 5.52. The van der Waals surface area contributed by atoms with Crippen LogP contribution in [0.4, 0.5) is 0 Å². The largest absolute Gasteiger partial charge is 0.481 e. The van der Waals surface area contributed by atoms with E-state index >= 15 is 0 Å². The number of nitrogens with zero attached hydrogens (tertiary/aromatic N) is 2. The summed E-state index contributed by atoms with van der Waals surface area (Å²) >= 11 is 1.33. The van der Waals surface area contributed by atoms with Crippen molar-refractivity contribution in [2.24, 2.45) is 5.92 Å². The van der Waals surface area contributed by atoms with E-state index in [1.54, 1.807) is 0 Å². The summed E-state index contributed by atoms with van der Waals surface area (Å²) in [6.45, 7) is 4.23. The number of thioether (sulfide) groups is 1. The molecular formula is C15H24N2O2S. The topological polar surface area (TPSA) is 55.1 Å². The average Bonchev–Trinajstić information content (AvgIpc) is 2.79. The molecule has 1 aliphatic carbocycles. The Balaban J connectivity index is 2.00. The molecule has 1 aliphatic rings. The van der Waals surface area contributed by atoms with Crippen molar-refractivity contribution in [2.45, 2.75) is 63.6 Å². The van der Waals surface area contributed by atoms with Gasteiger partial charge >= 0.3 is 5.97 Å². The molecule has 4 nitrogen and oxygen atoms in total. The van der Waals surface area contributed by atoms with Gasteiger partial charge in [0.15, 0.2) is 5.16 Å². The van der Waals surface area contributed by atoms with Gasteiger partial charge in [-0.3, -0.25) is 4.79 Å². The lowest BCUT2D eigenvalue weighted by molar-refractivity contribution is -0.133. The first-order chi connectivity index (χ1) is 9.60. The van der Waals surface area contributed by atoms with Crippen molar-refractivity contribution < 1.29 is 9.90 Å². The van der Waals surface area contributed by atoms with Crippen molar-refractivity contribution in [1.29, 1.82) is 0 Å². The van der Waals surface area contributed by atoms with Crippen molar-refractivity contribution in [1.82, 2.24) is 9.55 Å². The summed E-state index contributed by atoms with van der Waals surface area (Å²) in [6, 6.07) is 0.501. The van der Waals surface area contributed by atoms with Gasteiger partial charge in [-0.05, 0) is 38.5 Å². The van der Waals surface area contributed by atoms with Gasteiger partial charge in [0.1, 0.15) is 0 Å². The smallest absolute Gasteiger partial charge is 0.313 e. The lowest BCUT2D eigenvalue weighted by Crippen LogP contribution is -2.18. The van der Waals surface area contributed by atoms with Crippen LogP contribution in [-0.2, 0) is 4.79 Å². The zero-order chi connectivity index (χ0) is 14.5. The Morgan fingerprint density at radius 3 is 2.75 bits per heavy atom. The number of rotatable bonds is 6. The molecule has 1 N–H and O–H groups in total. The molecule has 1 aromatic heterocycles. The molecule has 0 aliphatic heterocycles. The third-order valence-corrected chi connectivity index (χ3v) is 5.00. The fourth-order valence-corrected chi connectivity index (χ4v) is 3.92. The fraction of sp³-hybridized carbons (Fsp3) is 0.733. The average molecular weight is 296 g/mol. The number of hydrogen-bond acceptors (Lipinski definition) is 3. The third-order valence-electron chi connectivity index (χ3n) is 4.05. The lowest BCUT2D eigenvalue weighted by atomic mass is 9.83. The van der Waals surface area contributed by atoms with E-state index in [2.05, 4.69) is 22.7 Å². The predicted molar refractivity (Wildman–Crippen MR) is 81.2 cm³/mol. The maximum absolute atomic E-state index is 10.7.